The van der Waals surface area contributed by atoms with Crippen molar-refractivity contribution < 1.29 is 4.79 Å². The topological polar surface area (TPSA) is 23.6 Å². The maximum absolute atomic E-state index is 12.3. The monoisotopic (exact) mass is 268 g/mol. The number of hydrogen-bond acceptors (Lipinski definition) is 3. The van der Waals surface area contributed by atoms with Crippen LogP contribution < -0.4 is 0 Å². The number of likely N-dealkylation sites (tertiary alicyclic amines) is 1. The van der Waals surface area contributed by atoms with E-state index in [4.69, 9.17) is 0 Å². The van der Waals surface area contributed by atoms with Gasteiger partial charge in [-0.3, -0.25) is 9.69 Å². The number of nitrogens with zero attached hydrogens (tertiary/aromatic N) is 2. The lowest BCUT2D eigenvalue weighted by Crippen LogP contribution is -2.64. The van der Waals surface area contributed by atoms with E-state index in [1.807, 2.05) is 13.8 Å². The highest BCUT2D eigenvalue weighted by molar-refractivity contribution is 8.00. The molecule has 3 rings (SSSR count). The van der Waals surface area contributed by atoms with Gasteiger partial charge in [-0.15, -0.1) is 11.8 Å². The minimum atomic E-state index is 0.135. The van der Waals surface area contributed by atoms with Crippen LogP contribution in [0.25, 0.3) is 0 Å². The SMILES string of the molecule is CC(C)C(=O)N1CC2CC3(C1)SCCN3CC2C. The molecule has 3 atom stereocenters. The second-order valence-corrected chi connectivity index (χ2v) is 8.01. The van der Waals surface area contributed by atoms with Gasteiger partial charge < -0.3 is 4.90 Å². The zero-order valence-corrected chi connectivity index (χ0v) is 12.5. The first kappa shape index (κ1) is 12.8. The Morgan fingerprint density at radius 3 is 2.89 bits per heavy atom. The summed E-state index contributed by atoms with van der Waals surface area (Å²) in [6.45, 7) is 10.8. The minimum Gasteiger partial charge on any atom is -0.339 e. The molecule has 0 N–H and O–H groups in total. The molecule has 4 heteroatoms. The fourth-order valence-corrected chi connectivity index (χ4v) is 5.45. The summed E-state index contributed by atoms with van der Waals surface area (Å²) in [4.78, 5) is 17.4. The van der Waals surface area contributed by atoms with Crippen LogP contribution in [0.15, 0.2) is 0 Å². The van der Waals surface area contributed by atoms with Crippen molar-refractivity contribution in [2.45, 2.75) is 32.1 Å². The number of rotatable bonds is 1. The fraction of sp³-hybridized carbons (Fsp3) is 0.929. The zero-order valence-electron chi connectivity index (χ0n) is 11.7. The Balaban J connectivity index is 1.84. The molecule has 0 aromatic heterocycles. The van der Waals surface area contributed by atoms with Crippen molar-refractivity contribution in [2.24, 2.45) is 17.8 Å². The van der Waals surface area contributed by atoms with E-state index in [0.717, 1.165) is 19.0 Å². The number of fused-ring (bicyclic) bond motifs is 1. The normalized spacial score (nSPS) is 40.1. The molecule has 1 spiro atoms. The van der Waals surface area contributed by atoms with Gasteiger partial charge in [0.1, 0.15) is 0 Å². The van der Waals surface area contributed by atoms with Crippen LogP contribution in [0.1, 0.15) is 27.2 Å². The fourth-order valence-electron chi connectivity index (χ4n) is 3.83. The average Bonchev–Trinajstić information content (AvgIpc) is 2.70. The van der Waals surface area contributed by atoms with Crippen LogP contribution in [0.4, 0.5) is 0 Å². The van der Waals surface area contributed by atoms with Gasteiger partial charge in [-0.05, 0) is 18.3 Å². The highest BCUT2D eigenvalue weighted by Crippen LogP contribution is 2.49. The van der Waals surface area contributed by atoms with Crippen LogP contribution in [-0.4, -0.2) is 52.5 Å². The van der Waals surface area contributed by atoms with Gasteiger partial charge in [-0.2, -0.15) is 0 Å². The Labute approximate surface area is 114 Å². The molecule has 0 radical (unpaired) electrons. The number of carbonyl (C=O) groups excluding carboxylic acids is 1. The van der Waals surface area contributed by atoms with E-state index in [-0.39, 0.29) is 10.8 Å². The summed E-state index contributed by atoms with van der Waals surface area (Å²) in [6, 6.07) is 0. The van der Waals surface area contributed by atoms with Crippen LogP contribution >= 0.6 is 11.8 Å². The third-order valence-corrected chi connectivity index (χ3v) is 6.38. The summed E-state index contributed by atoms with van der Waals surface area (Å²) in [6.07, 6.45) is 1.29. The number of thioether (sulfide) groups is 1. The zero-order chi connectivity index (χ0) is 12.9. The molecule has 1 amide bonds. The Bertz CT molecular complexity index is 360. The molecule has 3 heterocycles. The molecule has 3 saturated heterocycles. The molecule has 0 aromatic carbocycles. The van der Waals surface area contributed by atoms with Crippen LogP contribution in [0.5, 0.6) is 0 Å². The number of hydrogen-bond donors (Lipinski definition) is 0. The lowest BCUT2D eigenvalue weighted by atomic mass is 9.79. The van der Waals surface area contributed by atoms with Gasteiger partial charge in [0, 0.05) is 37.8 Å². The quantitative estimate of drug-likeness (QED) is 0.725. The molecular formula is C14H24N2OS. The van der Waals surface area contributed by atoms with Gasteiger partial charge in [-0.25, -0.2) is 0 Å². The van der Waals surface area contributed by atoms with Gasteiger partial charge in [0.15, 0.2) is 0 Å². The van der Waals surface area contributed by atoms with E-state index >= 15 is 0 Å². The van der Waals surface area contributed by atoms with Gasteiger partial charge in [-0.1, -0.05) is 20.8 Å². The second kappa shape index (κ2) is 4.41. The minimum absolute atomic E-state index is 0.135. The van der Waals surface area contributed by atoms with E-state index in [1.165, 1.54) is 25.3 Å². The first-order valence-electron chi connectivity index (χ1n) is 7.19. The number of piperidine rings is 2. The Hall–Kier alpha value is -0.220. The largest absolute Gasteiger partial charge is 0.339 e. The average molecular weight is 268 g/mol. The summed E-state index contributed by atoms with van der Waals surface area (Å²) < 4.78 is 0. The van der Waals surface area contributed by atoms with Crippen molar-refractivity contribution in [3.05, 3.63) is 0 Å². The third kappa shape index (κ3) is 1.88. The molecule has 3 nitrogen and oxygen atoms in total. The van der Waals surface area contributed by atoms with Crippen LogP contribution in [0.3, 0.4) is 0 Å². The predicted octanol–water partition coefficient (Wildman–Crippen LogP) is 1.89. The summed E-state index contributed by atoms with van der Waals surface area (Å²) in [5.41, 5.74) is 0. The van der Waals surface area contributed by atoms with Crippen molar-refractivity contribution in [3.63, 3.8) is 0 Å². The molecule has 0 saturated carbocycles. The number of amides is 1. The first-order chi connectivity index (χ1) is 8.52. The smallest absolute Gasteiger partial charge is 0.225 e. The first-order valence-corrected chi connectivity index (χ1v) is 8.18. The van der Waals surface area contributed by atoms with Crippen molar-refractivity contribution in [1.82, 2.24) is 9.80 Å². The number of carbonyl (C=O) groups is 1. The molecule has 2 bridgehead atoms. The Morgan fingerprint density at radius 1 is 1.39 bits per heavy atom. The molecule has 3 unspecified atom stereocenters. The molecule has 3 aliphatic heterocycles. The van der Waals surface area contributed by atoms with Gasteiger partial charge in [0.2, 0.25) is 5.91 Å². The van der Waals surface area contributed by atoms with Crippen molar-refractivity contribution in [2.75, 3.05) is 31.9 Å². The van der Waals surface area contributed by atoms with Gasteiger partial charge in [0.05, 0.1) is 4.87 Å². The lowest BCUT2D eigenvalue weighted by molar-refractivity contribution is -0.141. The molecule has 3 aliphatic rings. The maximum Gasteiger partial charge on any atom is 0.225 e. The van der Waals surface area contributed by atoms with E-state index in [1.54, 1.807) is 0 Å². The highest BCUT2D eigenvalue weighted by atomic mass is 32.2. The highest BCUT2D eigenvalue weighted by Gasteiger charge is 2.53. The Kier molecular flexibility index (Phi) is 3.14. The molecular weight excluding hydrogens is 244 g/mol. The molecule has 0 aromatic rings. The van der Waals surface area contributed by atoms with Crippen molar-refractivity contribution in [3.8, 4) is 0 Å². The van der Waals surface area contributed by atoms with E-state index in [2.05, 4.69) is 28.5 Å². The summed E-state index contributed by atoms with van der Waals surface area (Å²) in [5, 5.41) is 0. The Morgan fingerprint density at radius 2 is 2.17 bits per heavy atom. The van der Waals surface area contributed by atoms with Gasteiger partial charge >= 0.3 is 0 Å². The second-order valence-electron chi connectivity index (χ2n) is 6.56. The summed E-state index contributed by atoms with van der Waals surface area (Å²) in [7, 11) is 0. The van der Waals surface area contributed by atoms with E-state index < -0.39 is 0 Å². The molecule has 3 fully saturated rings. The van der Waals surface area contributed by atoms with Crippen LogP contribution in [0.2, 0.25) is 0 Å². The molecule has 18 heavy (non-hydrogen) atoms. The van der Waals surface area contributed by atoms with E-state index in [0.29, 0.717) is 11.8 Å². The van der Waals surface area contributed by atoms with Crippen molar-refractivity contribution >= 4 is 17.7 Å². The van der Waals surface area contributed by atoms with Crippen molar-refractivity contribution in [1.29, 1.82) is 0 Å². The summed E-state index contributed by atoms with van der Waals surface area (Å²) in [5.74, 6) is 3.17. The van der Waals surface area contributed by atoms with Gasteiger partial charge in [0.25, 0.3) is 0 Å². The molecule has 102 valence electrons. The third-order valence-electron chi connectivity index (χ3n) is 4.90. The molecule has 0 aliphatic carbocycles. The van der Waals surface area contributed by atoms with Crippen LogP contribution in [-0.2, 0) is 4.79 Å². The maximum atomic E-state index is 12.3. The van der Waals surface area contributed by atoms with Crippen LogP contribution in [0, 0.1) is 17.8 Å². The van der Waals surface area contributed by atoms with E-state index in [9.17, 15) is 4.79 Å². The lowest BCUT2D eigenvalue weighted by Gasteiger charge is -2.54. The summed E-state index contributed by atoms with van der Waals surface area (Å²) >= 11 is 2.10. The standard InChI is InChI=1S/C14H24N2OS/c1-10(2)13(17)15-8-12-6-14(9-15)16(4-5-18-14)7-11(12)3/h10-12H,4-9H2,1-3H3. The predicted molar refractivity (Wildman–Crippen MR) is 75.5 cm³/mol.